The summed E-state index contributed by atoms with van der Waals surface area (Å²) in [5, 5.41) is 17.6. The van der Waals surface area contributed by atoms with Crippen LogP contribution < -0.4 is 10.5 Å². The van der Waals surface area contributed by atoms with Gasteiger partial charge < -0.3 is 10.4 Å². The Kier molecular flexibility index (Phi) is 4.50. The largest absolute Gasteiger partial charge is 0.508 e. The Balaban J connectivity index is 2.64. The number of phenols is 1. The van der Waals surface area contributed by atoms with Crippen LogP contribution in [0.15, 0.2) is 18.2 Å². The third-order valence-corrected chi connectivity index (χ3v) is 3.26. The molecule has 0 aliphatic rings. The number of nitrogens with one attached hydrogen (secondary N) is 1. The van der Waals surface area contributed by atoms with Crippen molar-refractivity contribution in [2.75, 3.05) is 12.3 Å². The van der Waals surface area contributed by atoms with Crippen molar-refractivity contribution in [1.29, 1.82) is 0 Å². The Morgan fingerprint density at radius 2 is 2.12 bits per heavy atom. The predicted octanol–water partition coefficient (Wildman–Crippen LogP) is 0.640. The molecule has 0 fully saturated rings. The monoisotopic (exact) mass is 258 g/mol. The van der Waals surface area contributed by atoms with E-state index in [1.807, 2.05) is 26.0 Å². The first-order valence-electron chi connectivity index (χ1n) is 5.33. The quantitative estimate of drug-likeness (QED) is 0.722. The highest BCUT2D eigenvalue weighted by atomic mass is 32.2. The molecule has 0 heterocycles. The number of rotatable bonds is 5. The average molecular weight is 258 g/mol. The maximum atomic E-state index is 10.8. The van der Waals surface area contributed by atoms with Gasteiger partial charge in [0.05, 0.1) is 5.75 Å². The Morgan fingerprint density at radius 1 is 1.47 bits per heavy atom. The van der Waals surface area contributed by atoms with Gasteiger partial charge in [-0.05, 0) is 19.9 Å². The molecule has 96 valence electrons. The van der Waals surface area contributed by atoms with Crippen molar-refractivity contribution >= 4 is 10.0 Å². The van der Waals surface area contributed by atoms with E-state index in [-0.39, 0.29) is 24.1 Å². The van der Waals surface area contributed by atoms with E-state index >= 15 is 0 Å². The molecule has 0 spiro atoms. The highest BCUT2D eigenvalue weighted by Gasteiger charge is 2.11. The molecule has 1 unspecified atom stereocenters. The van der Waals surface area contributed by atoms with Crippen molar-refractivity contribution in [3.63, 3.8) is 0 Å². The number of benzene rings is 1. The average Bonchev–Trinajstić information content (AvgIpc) is 2.19. The number of hydrogen-bond donors (Lipinski definition) is 3. The second-order valence-corrected chi connectivity index (χ2v) is 5.84. The molecule has 5 nitrogen and oxygen atoms in total. The zero-order valence-corrected chi connectivity index (χ0v) is 10.8. The van der Waals surface area contributed by atoms with Gasteiger partial charge in [0.15, 0.2) is 0 Å². The van der Waals surface area contributed by atoms with Crippen LogP contribution >= 0.6 is 0 Å². The maximum absolute atomic E-state index is 10.8. The van der Waals surface area contributed by atoms with Gasteiger partial charge in [0.25, 0.3) is 0 Å². The normalized spacial score (nSPS) is 13.6. The van der Waals surface area contributed by atoms with Crippen molar-refractivity contribution in [1.82, 2.24) is 5.32 Å². The van der Waals surface area contributed by atoms with Gasteiger partial charge in [-0.3, -0.25) is 0 Å². The Morgan fingerprint density at radius 3 is 2.71 bits per heavy atom. The van der Waals surface area contributed by atoms with Crippen molar-refractivity contribution in [3.8, 4) is 5.75 Å². The highest BCUT2D eigenvalue weighted by molar-refractivity contribution is 7.89. The van der Waals surface area contributed by atoms with Crippen molar-refractivity contribution in [2.24, 2.45) is 5.14 Å². The summed E-state index contributed by atoms with van der Waals surface area (Å²) in [6.45, 7) is 4.05. The molecule has 1 aromatic rings. The van der Waals surface area contributed by atoms with E-state index in [1.165, 1.54) is 0 Å². The van der Waals surface area contributed by atoms with Gasteiger partial charge in [0, 0.05) is 18.2 Å². The Hall–Kier alpha value is -1.11. The Bertz CT molecular complexity index is 485. The minimum atomic E-state index is -3.45. The summed E-state index contributed by atoms with van der Waals surface area (Å²) < 4.78 is 21.5. The van der Waals surface area contributed by atoms with E-state index in [4.69, 9.17) is 5.14 Å². The molecule has 4 N–H and O–H groups in total. The fourth-order valence-corrected chi connectivity index (χ4v) is 1.95. The van der Waals surface area contributed by atoms with Gasteiger partial charge >= 0.3 is 0 Å². The number of primary sulfonamides is 1. The van der Waals surface area contributed by atoms with E-state index < -0.39 is 10.0 Å². The summed E-state index contributed by atoms with van der Waals surface area (Å²) in [5.74, 6) is 0.0791. The molecule has 1 aromatic carbocycles. The molecule has 0 aromatic heterocycles. The number of aryl methyl sites for hydroxylation is 1. The molecule has 1 atom stereocenters. The molecule has 0 saturated heterocycles. The zero-order chi connectivity index (χ0) is 13.1. The van der Waals surface area contributed by atoms with Crippen molar-refractivity contribution in [2.45, 2.75) is 19.9 Å². The Labute approximate surface area is 102 Å². The SMILES string of the molecule is Cc1ccc(O)c(C(C)NCCS(N)(=O)=O)c1. The molecule has 0 radical (unpaired) electrons. The summed E-state index contributed by atoms with van der Waals surface area (Å²) in [6, 6.07) is 5.18. The molecule has 6 heteroatoms. The summed E-state index contributed by atoms with van der Waals surface area (Å²) in [6.07, 6.45) is 0. The van der Waals surface area contributed by atoms with Gasteiger partial charge in [0.2, 0.25) is 10.0 Å². The van der Waals surface area contributed by atoms with Crippen molar-refractivity contribution < 1.29 is 13.5 Å². The van der Waals surface area contributed by atoms with E-state index in [9.17, 15) is 13.5 Å². The summed E-state index contributed by atoms with van der Waals surface area (Å²) in [7, 11) is -3.45. The fraction of sp³-hybridized carbons (Fsp3) is 0.455. The summed E-state index contributed by atoms with van der Waals surface area (Å²) in [5.41, 5.74) is 1.79. The van der Waals surface area contributed by atoms with Crippen LogP contribution in [-0.4, -0.2) is 25.8 Å². The second-order valence-electron chi connectivity index (χ2n) is 4.11. The molecular formula is C11H18N2O3S. The molecule has 17 heavy (non-hydrogen) atoms. The zero-order valence-electron chi connectivity index (χ0n) is 9.97. The second kappa shape index (κ2) is 5.48. The first-order valence-corrected chi connectivity index (χ1v) is 7.04. The van der Waals surface area contributed by atoms with Crippen LogP contribution in [0, 0.1) is 6.92 Å². The predicted molar refractivity (Wildman–Crippen MR) is 67.2 cm³/mol. The van der Waals surface area contributed by atoms with E-state index in [0.717, 1.165) is 11.1 Å². The molecule has 0 amide bonds. The number of aromatic hydroxyl groups is 1. The number of nitrogens with two attached hydrogens (primary N) is 1. The molecule has 0 saturated carbocycles. The molecule has 0 aliphatic carbocycles. The molecule has 0 bridgehead atoms. The lowest BCUT2D eigenvalue weighted by Gasteiger charge is -2.15. The number of phenolic OH excluding ortho intramolecular Hbond substituents is 1. The van der Waals surface area contributed by atoms with Crippen LogP contribution in [0.3, 0.4) is 0 Å². The van der Waals surface area contributed by atoms with E-state index in [2.05, 4.69) is 5.32 Å². The summed E-state index contributed by atoms with van der Waals surface area (Å²) in [4.78, 5) is 0. The topological polar surface area (TPSA) is 92.4 Å². The van der Waals surface area contributed by atoms with Crippen LogP contribution in [0.2, 0.25) is 0 Å². The van der Waals surface area contributed by atoms with Crippen LogP contribution in [0.1, 0.15) is 24.1 Å². The lowest BCUT2D eigenvalue weighted by molar-refractivity contribution is 0.454. The van der Waals surface area contributed by atoms with Crippen LogP contribution in [0.5, 0.6) is 5.75 Å². The standard InChI is InChI=1S/C11H18N2O3S/c1-8-3-4-11(14)10(7-8)9(2)13-5-6-17(12,15)16/h3-4,7,9,13-14H,5-6H2,1-2H3,(H2,12,15,16). The smallest absolute Gasteiger partial charge is 0.210 e. The lowest BCUT2D eigenvalue weighted by Crippen LogP contribution is -2.29. The van der Waals surface area contributed by atoms with E-state index in [1.54, 1.807) is 6.07 Å². The van der Waals surface area contributed by atoms with Gasteiger partial charge in [-0.1, -0.05) is 17.7 Å². The van der Waals surface area contributed by atoms with Gasteiger partial charge in [-0.25, -0.2) is 13.6 Å². The van der Waals surface area contributed by atoms with Crippen molar-refractivity contribution in [3.05, 3.63) is 29.3 Å². The molecule has 0 aliphatic heterocycles. The third-order valence-electron chi connectivity index (χ3n) is 2.49. The minimum absolute atomic E-state index is 0.121. The van der Waals surface area contributed by atoms with Crippen LogP contribution in [0.25, 0.3) is 0 Å². The van der Waals surface area contributed by atoms with Gasteiger partial charge in [-0.2, -0.15) is 0 Å². The highest BCUT2D eigenvalue weighted by Crippen LogP contribution is 2.24. The molecular weight excluding hydrogens is 240 g/mol. The summed E-state index contributed by atoms with van der Waals surface area (Å²) >= 11 is 0. The lowest BCUT2D eigenvalue weighted by atomic mass is 10.0. The van der Waals surface area contributed by atoms with Crippen LogP contribution in [-0.2, 0) is 10.0 Å². The first kappa shape index (κ1) is 14.0. The maximum Gasteiger partial charge on any atom is 0.210 e. The van der Waals surface area contributed by atoms with E-state index in [0.29, 0.717) is 0 Å². The number of hydrogen-bond acceptors (Lipinski definition) is 4. The van der Waals surface area contributed by atoms with Gasteiger partial charge in [-0.15, -0.1) is 0 Å². The molecule has 1 rings (SSSR count). The van der Waals surface area contributed by atoms with Gasteiger partial charge in [0.1, 0.15) is 5.75 Å². The first-order chi connectivity index (χ1) is 7.79. The number of sulfonamides is 1. The van der Waals surface area contributed by atoms with Crippen LogP contribution in [0.4, 0.5) is 0 Å². The third kappa shape index (κ3) is 4.72. The fourth-order valence-electron chi connectivity index (χ4n) is 1.55. The minimum Gasteiger partial charge on any atom is -0.508 e.